The van der Waals surface area contributed by atoms with Gasteiger partial charge in [0, 0.05) is 5.39 Å². The van der Waals surface area contributed by atoms with E-state index in [2.05, 4.69) is 15.9 Å². The van der Waals surface area contributed by atoms with E-state index in [0.29, 0.717) is 30.7 Å². The molecule has 4 nitrogen and oxygen atoms in total. The van der Waals surface area contributed by atoms with Crippen LogP contribution in [0.4, 0.5) is 0 Å². The van der Waals surface area contributed by atoms with Crippen LogP contribution in [0.25, 0.3) is 11.0 Å². The molecule has 1 aliphatic carbocycles. The number of Topliss-reactive ketones (excluding diaryl/α,β-unsaturated/α-hetero) is 1. The molecular weight excluding hydrogens is 348 g/mol. The minimum Gasteiger partial charge on any atom is -0.491 e. The van der Waals surface area contributed by atoms with Crippen molar-refractivity contribution in [2.45, 2.75) is 31.8 Å². The van der Waals surface area contributed by atoms with E-state index in [0.717, 1.165) is 11.1 Å². The molecule has 22 heavy (non-hydrogen) atoms. The molecule has 0 unspecified atom stereocenters. The molecule has 1 saturated carbocycles. The van der Waals surface area contributed by atoms with Gasteiger partial charge in [-0.1, -0.05) is 28.8 Å². The van der Waals surface area contributed by atoms with E-state index >= 15 is 0 Å². The van der Waals surface area contributed by atoms with Crippen molar-refractivity contribution in [3.63, 3.8) is 0 Å². The predicted octanol–water partition coefficient (Wildman–Crippen LogP) is 4.35. The standard InChI is InChI=1S/C17H19BrO4/c18-11-15(19)17-10-12-9-14(5-6-16(12)22-17)21-8-7-20-13-3-1-2-4-13/h5-6,9-10,13H,1-4,7-8,11H2. The molecule has 1 aliphatic rings. The highest BCUT2D eigenvalue weighted by Gasteiger charge is 2.15. The van der Waals surface area contributed by atoms with E-state index in [4.69, 9.17) is 13.9 Å². The lowest BCUT2D eigenvalue weighted by Crippen LogP contribution is -2.13. The van der Waals surface area contributed by atoms with Crippen LogP contribution in [-0.2, 0) is 4.74 Å². The maximum Gasteiger partial charge on any atom is 0.208 e. The van der Waals surface area contributed by atoms with Gasteiger partial charge >= 0.3 is 0 Å². The van der Waals surface area contributed by atoms with Gasteiger partial charge in [0.05, 0.1) is 18.0 Å². The topological polar surface area (TPSA) is 48.7 Å². The summed E-state index contributed by atoms with van der Waals surface area (Å²) in [5.74, 6) is 1.07. The molecule has 3 rings (SSSR count). The summed E-state index contributed by atoms with van der Waals surface area (Å²) in [6.07, 6.45) is 5.31. The maximum absolute atomic E-state index is 11.6. The molecule has 0 spiro atoms. The number of benzene rings is 1. The van der Waals surface area contributed by atoms with Gasteiger partial charge in [-0.2, -0.15) is 0 Å². The monoisotopic (exact) mass is 366 g/mol. The summed E-state index contributed by atoms with van der Waals surface area (Å²) < 4.78 is 17.0. The van der Waals surface area contributed by atoms with Crippen molar-refractivity contribution in [2.75, 3.05) is 18.5 Å². The lowest BCUT2D eigenvalue weighted by Gasteiger charge is -2.11. The van der Waals surface area contributed by atoms with E-state index in [1.807, 2.05) is 18.2 Å². The quantitative estimate of drug-likeness (QED) is 0.415. The second-order valence-corrected chi connectivity index (χ2v) is 6.05. The lowest BCUT2D eigenvalue weighted by molar-refractivity contribution is 0.0382. The van der Waals surface area contributed by atoms with Gasteiger partial charge in [0.1, 0.15) is 17.9 Å². The molecule has 0 saturated heterocycles. The molecule has 5 heteroatoms. The lowest BCUT2D eigenvalue weighted by atomic mass is 10.2. The number of hydrogen-bond donors (Lipinski definition) is 0. The van der Waals surface area contributed by atoms with Crippen LogP contribution in [0.1, 0.15) is 36.2 Å². The van der Waals surface area contributed by atoms with E-state index in [1.54, 1.807) is 6.07 Å². The summed E-state index contributed by atoms with van der Waals surface area (Å²) in [4.78, 5) is 11.6. The average Bonchev–Trinajstić information content (AvgIpc) is 3.19. The number of furan rings is 1. The summed E-state index contributed by atoms with van der Waals surface area (Å²) in [5, 5.41) is 1.13. The first-order valence-corrected chi connectivity index (χ1v) is 8.75. The van der Waals surface area contributed by atoms with Crippen LogP contribution >= 0.6 is 15.9 Å². The molecule has 2 aromatic rings. The summed E-state index contributed by atoms with van der Waals surface area (Å²) in [7, 11) is 0. The summed E-state index contributed by atoms with van der Waals surface area (Å²) in [6.45, 7) is 1.15. The first-order chi connectivity index (χ1) is 10.8. The zero-order valence-corrected chi connectivity index (χ0v) is 13.9. The van der Waals surface area contributed by atoms with Crippen LogP contribution in [-0.4, -0.2) is 30.4 Å². The Morgan fingerprint density at radius 1 is 1.23 bits per heavy atom. The van der Waals surface area contributed by atoms with Crippen molar-refractivity contribution < 1.29 is 18.7 Å². The third-order valence-corrected chi connectivity index (χ3v) is 4.40. The van der Waals surface area contributed by atoms with E-state index in [1.165, 1.54) is 25.7 Å². The van der Waals surface area contributed by atoms with Crippen molar-refractivity contribution >= 4 is 32.7 Å². The third-order valence-electron chi connectivity index (χ3n) is 3.89. The Balaban J connectivity index is 1.56. The SMILES string of the molecule is O=C(CBr)c1cc2cc(OCCOC3CCCC3)ccc2o1. The molecule has 0 N–H and O–H groups in total. The Labute approximate surface area is 137 Å². The summed E-state index contributed by atoms with van der Waals surface area (Å²) in [6, 6.07) is 7.32. The van der Waals surface area contributed by atoms with Crippen LogP contribution in [0.15, 0.2) is 28.7 Å². The first-order valence-electron chi connectivity index (χ1n) is 7.63. The Hall–Kier alpha value is -1.33. The normalized spacial score (nSPS) is 15.5. The van der Waals surface area contributed by atoms with Gasteiger partial charge in [-0.15, -0.1) is 0 Å². The fourth-order valence-electron chi connectivity index (χ4n) is 2.74. The zero-order valence-electron chi connectivity index (χ0n) is 12.3. The molecule has 1 fully saturated rings. The zero-order chi connectivity index (χ0) is 15.4. The number of hydrogen-bond acceptors (Lipinski definition) is 4. The van der Waals surface area contributed by atoms with Gasteiger partial charge in [0.25, 0.3) is 0 Å². The molecule has 1 heterocycles. The number of halogens is 1. The van der Waals surface area contributed by atoms with Gasteiger partial charge in [-0.25, -0.2) is 0 Å². The van der Waals surface area contributed by atoms with Crippen molar-refractivity contribution in [2.24, 2.45) is 0 Å². The molecule has 0 atom stereocenters. The largest absolute Gasteiger partial charge is 0.491 e. The van der Waals surface area contributed by atoms with Crippen LogP contribution < -0.4 is 4.74 Å². The number of fused-ring (bicyclic) bond motifs is 1. The molecule has 118 valence electrons. The van der Waals surface area contributed by atoms with Gasteiger partial charge in [-0.05, 0) is 37.1 Å². The minimum absolute atomic E-state index is 0.0661. The minimum atomic E-state index is -0.0661. The third kappa shape index (κ3) is 3.70. The Bertz CT molecular complexity index is 643. The Morgan fingerprint density at radius 3 is 2.82 bits per heavy atom. The maximum atomic E-state index is 11.6. The highest BCUT2D eigenvalue weighted by Crippen LogP contribution is 2.25. The highest BCUT2D eigenvalue weighted by atomic mass is 79.9. The molecule has 1 aromatic heterocycles. The highest BCUT2D eigenvalue weighted by molar-refractivity contribution is 9.09. The van der Waals surface area contributed by atoms with E-state index < -0.39 is 0 Å². The Kier molecular flexibility index (Phi) is 5.16. The number of carbonyl (C=O) groups excluding carboxylic acids is 1. The van der Waals surface area contributed by atoms with Crippen LogP contribution in [0.5, 0.6) is 5.75 Å². The molecule has 0 radical (unpaired) electrons. The number of rotatable bonds is 7. The fourth-order valence-corrected chi connectivity index (χ4v) is 3.02. The Morgan fingerprint density at radius 2 is 2.05 bits per heavy atom. The van der Waals surface area contributed by atoms with Crippen molar-refractivity contribution in [1.82, 2.24) is 0 Å². The average molecular weight is 367 g/mol. The fraction of sp³-hybridized carbons (Fsp3) is 0.471. The van der Waals surface area contributed by atoms with Gasteiger partial charge in [0.2, 0.25) is 5.78 Å². The van der Waals surface area contributed by atoms with Crippen molar-refractivity contribution in [3.05, 3.63) is 30.0 Å². The predicted molar refractivity (Wildman–Crippen MR) is 88.0 cm³/mol. The van der Waals surface area contributed by atoms with Gasteiger partial charge in [-0.3, -0.25) is 4.79 Å². The second-order valence-electron chi connectivity index (χ2n) is 5.49. The molecule has 1 aromatic carbocycles. The molecule has 0 amide bonds. The van der Waals surface area contributed by atoms with Crippen molar-refractivity contribution in [3.8, 4) is 5.75 Å². The van der Waals surface area contributed by atoms with E-state index in [-0.39, 0.29) is 11.1 Å². The number of alkyl halides is 1. The number of carbonyl (C=O) groups is 1. The van der Waals surface area contributed by atoms with Crippen LogP contribution in [0.2, 0.25) is 0 Å². The van der Waals surface area contributed by atoms with Gasteiger partial charge in [0.15, 0.2) is 5.76 Å². The molecule has 0 bridgehead atoms. The number of ketones is 1. The smallest absolute Gasteiger partial charge is 0.208 e. The summed E-state index contributed by atoms with van der Waals surface area (Å²) in [5.41, 5.74) is 0.693. The summed E-state index contributed by atoms with van der Waals surface area (Å²) >= 11 is 3.15. The first kappa shape index (κ1) is 15.6. The number of ether oxygens (including phenoxy) is 2. The molecular formula is C17H19BrO4. The van der Waals surface area contributed by atoms with Crippen LogP contribution in [0.3, 0.4) is 0 Å². The van der Waals surface area contributed by atoms with Crippen molar-refractivity contribution in [1.29, 1.82) is 0 Å². The molecule has 0 aliphatic heterocycles. The van der Waals surface area contributed by atoms with Gasteiger partial charge < -0.3 is 13.9 Å². The van der Waals surface area contributed by atoms with Crippen LogP contribution in [0, 0.1) is 0 Å². The second kappa shape index (κ2) is 7.29. The van der Waals surface area contributed by atoms with E-state index in [9.17, 15) is 4.79 Å².